The molecule has 0 spiro atoms. The van der Waals surface area contributed by atoms with Crippen molar-refractivity contribution in [3.63, 3.8) is 0 Å². The second-order valence-electron chi connectivity index (χ2n) is 6.05. The number of phenols is 2. The molecule has 0 unspecified atom stereocenters. The van der Waals surface area contributed by atoms with Crippen LogP contribution in [0.1, 0.15) is 18.1 Å². The van der Waals surface area contributed by atoms with E-state index < -0.39 is 23.7 Å². The Morgan fingerprint density at radius 1 is 0.923 bits per heavy atom. The number of ether oxygens (including phenoxy) is 1. The van der Waals surface area contributed by atoms with Gasteiger partial charge >= 0.3 is 5.97 Å². The molecule has 6 heteroatoms. The molecule has 0 aromatic heterocycles. The maximum atomic E-state index is 12.8. The fraction of sp³-hybridized carbons (Fsp3) is 0.300. The van der Waals surface area contributed by atoms with Gasteiger partial charge in [0.1, 0.15) is 17.4 Å². The second-order valence-corrected chi connectivity index (χ2v) is 6.05. The van der Waals surface area contributed by atoms with Gasteiger partial charge < -0.3 is 20.7 Å². The van der Waals surface area contributed by atoms with Gasteiger partial charge in [-0.25, -0.2) is 0 Å². The maximum absolute atomic E-state index is 12.8. The number of nitrogens with two attached hydrogens (primary N) is 1. The molecule has 0 fully saturated rings. The van der Waals surface area contributed by atoms with Crippen molar-refractivity contribution in [2.24, 2.45) is 11.7 Å². The van der Waals surface area contributed by atoms with Crippen molar-refractivity contribution in [2.45, 2.75) is 25.8 Å². The summed E-state index contributed by atoms with van der Waals surface area (Å²) in [6, 6.07) is 11.8. The zero-order valence-electron chi connectivity index (χ0n) is 14.6. The Bertz CT molecular complexity index is 740. The molecular weight excluding hydrogens is 334 g/mol. The first-order valence-electron chi connectivity index (χ1n) is 8.42. The number of carbonyl (C=O) groups is 2. The normalized spacial score (nSPS) is 13.0. The van der Waals surface area contributed by atoms with Crippen LogP contribution in [0.25, 0.3) is 0 Å². The molecule has 0 aliphatic rings. The predicted octanol–water partition coefficient (Wildman–Crippen LogP) is 1.96. The van der Waals surface area contributed by atoms with E-state index in [0.717, 1.165) is 11.1 Å². The SMILES string of the molecule is CCOC(=O)[C@H](Cc1ccc(O)cc1)C(=O)[C@@H](N)Cc1ccc(O)cc1. The molecule has 4 N–H and O–H groups in total. The first-order chi connectivity index (χ1) is 12.4. The Morgan fingerprint density at radius 2 is 1.38 bits per heavy atom. The third-order valence-corrected chi connectivity index (χ3v) is 4.05. The summed E-state index contributed by atoms with van der Waals surface area (Å²) in [5.74, 6) is -1.77. The van der Waals surface area contributed by atoms with E-state index in [0.29, 0.717) is 0 Å². The minimum Gasteiger partial charge on any atom is -0.508 e. The van der Waals surface area contributed by atoms with Gasteiger partial charge in [0.15, 0.2) is 5.78 Å². The van der Waals surface area contributed by atoms with Crippen LogP contribution >= 0.6 is 0 Å². The number of hydrogen-bond donors (Lipinski definition) is 3. The molecule has 0 aliphatic heterocycles. The lowest BCUT2D eigenvalue weighted by Crippen LogP contribution is -2.42. The molecule has 0 radical (unpaired) electrons. The smallest absolute Gasteiger partial charge is 0.316 e. The molecular formula is C20H23NO5. The fourth-order valence-electron chi connectivity index (χ4n) is 2.66. The summed E-state index contributed by atoms with van der Waals surface area (Å²) in [7, 11) is 0. The number of esters is 1. The van der Waals surface area contributed by atoms with Crippen LogP contribution < -0.4 is 5.73 Å². The summed E-state index contributed by atoms with van der Waals surface area (Å²) in [6.45, 7) is 1.85. The van der Waals surface area contributed by atoms with Gasteiger partial charge in [-0.05, 0) is 55.2 Å². The highest BCUT2D eigenvalue weighted by molar-refractivity contribution is 6.02. The Labute approximate surface area is 152 Å². The van der Waals surface area contributed by atoms with Gasteiger partial charge in [0, 0.05) is 0 Å². The number of carbonyl (C=O) groups excluding carboxylic acids is 2. The first kappa shape index (κ1) is 19.5. The van der Waals surface area contributed by atoms with Gasteiger partial charge in [-0.2, -0.15) is 0 Å². The number of ketones is 1. The van der Waals surface area contributed by atoms with Gasteiger partial charge in [-0.15, -0.1) is 0 Å². The minimum absolute atomic E-state index is 0.108. The minimum atomic E-state index is -1.01. The van der Waals surface area contributed by atoms with E-state index in [-0.39, 0.29) is 30.9 Å². The number of rotatable bonds is 8. The van der Waals surface area contributed by atoms with Crippen LogP contribution in [0.5, 0.6) is 11.5 Å². The number of Topliss-reactive ketones (excluding diaryl/α,β-unsaturated/α-hetero) is 1. The van der Waals surface area contributed by atoms with Crippen molar-refractivity contribution in [3.8, 4) is 11.5 Å². The predicted molar refractivity (Wildman–Crippen MR) is 96.7 cm³/mol. The average Bonchev–Trinajstić information content (AvgIpc) is 2.62. The van der Waals surface area contributed by atoms with Crippen molar-refractivity contribution >= 4 is 11.8 Å². The van der Waals surface area contributed by atoms with Gasteiger partial charge in [-0.1, -0.05) is 24.3 Å². The van der Waals surface area contributed by atoms with E-state index in [1.54, 1.807) is 31.2 Å². The highest BCUT2D eigenvalue weighted by atomic mass is 16.5. The number of phenolic OH excluding ortho intramolecular Hbond substituents is 2. The van der Waals surface area contributed by atoms with Crippen LogP contribution in [-0.4, -0.2) is 34.6 Å². The molecule has 6 nitrogen and oxygen atoms in total. The monoisotopic (exact) mass is 357 g/mol. The number of hydrogen-bond acceptors (Lipinski definition) is 6. The first-order valence-corrected chi connectivity index (χ1v) is 8.42. The van der Waals surface area contributed by atoms with Crippen molar-refractivity contribution < 1.29 is 24.5 Å². The summed E-state index contributed by atoms with van der Waals surface area (Å²) in [5, 5.41) is 18.7. The molecule has 2 aromatic carbocycles. The van der Waals surface area contributed by atoms with Crippen molar-refractivity contribution in [3.05, 3.63) is 59.7 Å². The maximum Gasteiger partial charge on any atom is 0.316 e. The van der Waals surface area contributed by atoms with Crippen LogP contribution in [0.2, 0.25) is 0 Å². The van der Waals surface area contributed by atoms with E-state index in [9.17, 15) is 19.8 Å². The summed E-state index contributed by atoms with van der Waals surface area (Å²) < 4.78 is 5.04. The van der Waals surface area contributed by atoms with E-state index in [1.807, 2.05) is 0 Å². The third kappa shape index (κ3) is 5.32. The summed E-state index contributed by atoms with van der Waals surface area (Å²) in [5.41, 5.74) is 7.56. The lowest BCUT2D eigenvalue weighted by Gasteiger charge is -2.19. The second kappa shape index (κ2) is 9.01. The van der Waals surface area contributed by atoms with Gasteiger partial charge in [0.05, 0.1) is 12.6 Å². The van der Waals surface area contributed by atoms with E-state index in [1.165, 1.54) is 24.3 Å². The summed E-state index contributed by atoms with van der Waals surface area (Å²) in [6.07, 6.45) is 0.409. The molecule has 138 valence electrons. The molecule has 0 aliphatic carbocycles. The number of aromatic hydroxyl groups is 2. The Balaban J connectivity index is 2.14. The third-order valence-electron chi connectivity index (χ3n) is 4.05. The highest BCUT2D eigenvalue weighted by Gasteiger charge is 2.32. The van der Waals surface area contributed by atoms with E-state index >= 15 is 0 Å². The molecule has 2 aromatic rings. The van der Waals surface area contributed by atoms with Gasteiger partial charge in [-0.3, -0.25) is 9.59 Å². The largest absolute Gasteiger partial charge is 0.508 e. The summed E-state index contributed by atoms with van der Waals surface area (Å²) >= 11 is 0. The summed E-state index contributed by atoms with van der Waals surface area (Å²) in [4.78, 5) is 25.1. The lowest BCUT2D eigenvalue weighted by atomic mass is 9.89. The Hall–Kier alpha value is -2.86. The van der Waals surface area contributed by atoms with Crippen LogP contribution in [-0.2, 0) is 27.2 Å². The fourth-order valence-corrected chi connectivity index (χ4v) is 2.66. The molecule has 0 saturated carbocycles. The van der Waals surface area contributed by atoms with Crippen LogP contribution in [0.15, 0.2) is 48.5 Å². The molecule has 2 rings (SSSR count). The average molecular weight is 357 g/mol. The van der Waals surface area contributed by atoms with Gasteiger partial charge in [0.2, 0.25) is 0 Å². The zero-order chi connectivity index (χ0) is 19.1. The van der Waals surface area contributed by atoms with Crippen LogP contribution in [0.3, 0.4) is 0 Å². The van der Waals surface area contributed by atoms with E-state index in [4.69, 9.17) is 10.5 Å². The van der Waals surface area contributed by atoms with E-state index in [2.05, 4.69) is 0 Å². The lowest BCUT2D eigenvalue weighted by molar-refractivity contribution is -0.151. The highest BCUT2D eigenvalue weighted by Crippen LogP contribution is 2.18. The molecule has 0 saturated heterocycles. The van der Waals surface area contributed by atoms with Gasteiger partial charge in [0.25, 0.3) is 0 Å². The molecule has 2 atom stereocenters. The van der Waals surface area contributed by atoms with Crippen LogP contribution in [0, 0.1) is 5.92 Å². The zero-order valence-corrected chi connectivity index (χ0v) is 14.6. The van der Waals surface area contributed by atoms with Crippen LogP contribution in [0.4, 0.5) is 0 Å². The molecule has 0 amide bonds. The Morgan fingerprint density at radius 3 is 1.85 bits per heavy atom. The number of benzene rings is 2. The topological polar surface area (TPSA) is 110 Å². The van der Waals surface area contributed by atoms with Crippen molar-refractivity contribution in [1.29, 1.82) is 0 Å². The van der Waals surface area contributed by atoms with Crippen molar-refractivity contribution in [1.82, 2.24) is 0 Å². The molecule has 0 bridgehead atoms. The quantitative estimate of drug-likeness (QED) is 0.492. The Kier molecular flexibility index (Phi) is 6.74. The van der Waals surface area contributed by atoms with Crippen molar-refractivity contribution in [2.75, 3.05) is 6.61 Å². The standard InChI is InChI=1S/C20H23NO5/c1-2-26-20(25)17(11-13-3-7-15(22)8-4-13)19(24)18(21)12-14-5-9-16(23)10-6-14/h3-10,17-18,22-23H,2,11-12,21H2,1H3/t17-,18+/m1/s1. The molecule has 0 heterocycles. The molecule has 26 heavy (non-hydrogen) atoms.